The molecule has 0 spiro atoms. The summed E-state index contributed by atoms with van der Waals surface area (Å²) in [5.74, 6) is -0.00239. The molecular formula is C14H19FN2O. The summed E-state index contributed by atoms with van der Waals surface area (Å²) >= 11 is 0. The fourth-order valence-corrected chi connectivity index (χ4v) is 2.11. The van der Waals surface area contributed by atoms with Crippen LogP contribution in [0, 0.1) is 18.7 Å². The van der Waals surface area contributed by atoms with E-state index in [0.29, 0.717) is 22.7 Å². The highest BCUT2D eigenvalue weighted by Gasteiger charge is 2.32. The molecule has 0 bridgehead atoms. The summed E-state index contributed by atoms with van der Waals surface area (Å²) in [6.45, 7) is 3.64. The number of nitrogens with two attached hydrogens (primary N) is 1. The van der Waals surface area contributed by atoms with E-state index in [9.17, 15) is 9.18 Å². The van der Waals surface area contributed by atoms with Crippen LogP contribution in [0.4, 0.5) is 10.1 Å². The molecule has 0 saturated heterocycles. The number of hydrogen-bond acceptors (Lipinski definition) is 2. The lowest BCUT2D eigenvalue weighted by molar-refractivity contribution is 0.0727. The molecule has 1 amide bonds. The van der Waals surface area contributed by atoms with Crippen molar-refractivity contribution >= 4 is 11.6 Å². The van der Waals surface area contributed by atoms with Crippen LogP contribution in [0.1, 0.15) is 35.7 Å². The molecule has 1 aromatic rings. The maximum atomic E-state index is 13.6. The Morgan fingerprint density at radius 2 is 2.11 bits per heavy atom. The van der Waals surface area contributed by atoms with E-state index in [1.54, 1.807) is 24.9 Å². The SMILES string of the molecule is Cc1c(N)cc(C(=O)N(C)C(C)C2CC2)cc1F. The number of halogens is 1. The first-order valence-corrected chi connectivity index (χ1v) is 6.24. The van der Waals surface area contributed by atoms with Crippen molar-refractivity contribution in [2.24, 2.45) is 5.92 Å². The molecule has 0 aromatic heterocycles. The minimum Gasteiger partial charge on any atom is -0.398 e. The molecular weight excluding hydrogens is 231 g/mol. The Morgan fingerprint density at radius 3 is 2.61 bits per heavy atom. The number of hydrogen-bond donors (Lipinski definition) is 1. The first-order chi connectivity index (χ1) is 8.41. The zero-order valence-electron chi connectivity index (χ0n) is 11.0. The standard InChI is InChI=1S/C14H19FN2O/c1-8-12(15)6-11(7-13(8)16)14(18)17(3)9(2)10-4-5-10/h6-7,9-10H,4-5,16H2,1-3H3. The fraction of sp³-hybridized carbons (Fsp3) is 0.500. The molecule has 1 atom stereocenters. The van der Waals surface area contributed by atoms with Crippen molar-refractivity contribution in [3.05, 3.63) is 29.1 Å². The number of anilines is 1. The molecule has 98 valence electrons. The summed E-state index contributed by atoms with van der Waals surface area (Å²) in [6, 6.07) is 3.02. The van der Waals surface area contributed by atoms with E-state index in [1.807, 2.05) is 6.92 Å². The van der Waals surface area contributed by atoms with Crippen LogP contribution in [0.15, 0.2) is 12.1 Å². The van der Waals surface area contributed by atoms with Gasteiger partial charge in [-0.25, -0.2) is 4.39 Å². The first kappa shape index (κ1) is 12.9. The van der Waals surface area contributed by atoms with Crippen LogP contribution in [-0.4, -0.2) is 23.9 Å². The second-order valence-electron chi connectivity index (χ2n) is 5.17. The molecule has 4 heteroatoms. The largest absolute Gasteiger partial charge is 0.398 e. The van der Waals surface area contributed by atoms with Crippen molar-refractivity contribution in [3.8, 4) is 0 Å². The van der Waals surface area contributed by atoms with Gasteiger partial charge in [0.2, 0.25) is 0 Å². The van der Waals surface area contributed by atoms with Gasteiger partial charge in [-0.3, -0.25) is 4.79 Å². The Bertz CT molecular complexity index is 460. The summed E-state index contributed by atoms with van der Waals surface area (Å²) in [6.07, 6.45) is 2.34. The quantitative estimate of drug-likeness (QED) is 0.838. The average Bonchev–Trinajstić information content (AvgIpc) is 3.16. The molecule has 0 heterocycles. The topological polar surface area (TPSA) is 46.3 Å². The predicted octanol–water partition coefficient (Wildman–Crippen LogP) is 2.59. The van der Waals surface area contributed by atoms with Crippen LogP contribution in [0.25, 0.3) is 0 Å². The maximum absolute atomic E-state index is 13.6. The molecule has 1 unspecified atom stereocenters. The first-order valence-electron chi connectivity index (χ1n) is 6.24. The van der Waals surface area contributed by atoms with Gasteiger partial charge in [-0.2, -0.15) is 0 Å². The van der Waals surface area contributed by atoms with E-state index >= 15 is 0 Å². The van der Waals surface area contributed by atoms with E-state index < -0.39 is 5.82 Å². The van der Waals surface area contributed by atoms with Crippen molar-refractivity contribution in [2.75, 3.05) is 12.8 Å². The maximum Gasteiger partial charge on any atom is 0.254 e. The summed E-state index contributed by atoms with van der Waals surface area (Å²) < 4.78 is 13.6. The van der Waals surface area contributed by atoms with E-state index in [-0.39, 0.29) is 11.9 Å². The van der Waals surface area contributed by atoms with Crippen molar-refractivity contribution in [1.82, 2.24) is 4.90 Å². The molecule has 2 rings (SSSR count). The molecule has 0 radical (unpaired) electrons. The van der Waals surface area contributed by atoms with Crippen molar-refractivity contribution in [2.45, 2.75) is 32.7 Å². The van der Waals surface area contributed by atoms with Crippen LogP contribution in [-0.2, 0) is 0 Å². The third-order valence-electron chi connectivity index (χ3n) is 3.87. The third kappa shape index (κ3) is 2.33. The summed E-state index contributed by atoms with van der Waals surface area (Å²) in [5.41, 5.74) is 6.74. The lowest BCUT2D eigenvalue weighted by atomic mass is 10.1. The molecule has 0 aliphatic heterocycles. The molecule has 1 aromatic carbocycles. The van der Waals surface area contributed by atoms with Crippen LogP contribution in [0.5, 0.6) is 0 Å². The second-order valence-corrected chi connectivity index (χ2v) is 5.17. The molecule has 18 heavy (non-hydrogen) atoms. The number of benzene rings is 1. The van der Waals surface area contributed by atoms with Gasteiger partial charge in [0.25, 0.3) is 5.91 Å². The number of nitrogen functional groups attached to an aromatic ring is 1. The van der Waals surface area contributed by atoms with E-state index in [1.165, 1.54) is 18.9 Å². The van der Waals surface area contributed by atoms with Crippen molar-refractivity contribution in [1.29, 1.82) is 0 Å². The van der Waals surface area contributed by atoms with Gasteiger partial charge in [0.05, 0.1) is 0 Å². The predicted molar refractivity (Wildman–Crippen MR) is 69.8 cm³/mol. The Hall–Kier alpha value is -1.58. The highest BCUT2D eigenvalue weighted by Crippen LogP contribution is 2.35. The van der Waals surface area contributed by atoms with Gasteiger partial charge in [-0.1, -0.05) is 0 Å². The van der Waals surface area contributed by atoms with Crippen LogP contribution >= 0.6 is 0 Å². The van der Waals surface area contributed by atoms with E-state index in [4.69, 9.17) is 5.73 Å². The molecule has 1 aliphatic carbocycles. The van der Waals surface area contributed by atoms with E-state index in [2.05, 4.69) is 0 Å². The highest BCUT2D eigenvalue weighted by atomic mass is 19.1. The molecule has 1 aliphatic rings. The van der Waals surface area contributed by atoms with Crippen LogP contribution < -0.4 is 5.73 Å². The summed E-state index contributed by atoms with van der Waals surface area (Å²) in [4.78, 5) is 13.9. The lowest BCUT2D eigenvalue weighted by Crippen LogP contribution is -2.36. The van der Waals surface area contributed by atoms with Gasteiger partial charge in [0.1, 0.15) is 5.82 Å². The van der Waals surface area contributed by atoms with Gasteiger partial charge >= 0.3 is 0 Å². The number of nitrogens with zero attached hydrogens (tertiary/aromatic N) is 1. The molecule has 1 saturated carbocycles. The molecule has 2 N–H and O–H groups in total. The number of amides is 1. The number of carbonyl (C=O) groups is 1. The Balaban J connectivity index is 2.22. The van der Waals surface area contributed by atoms with E-state index in [0.717, 1.165) is 0 Å². The molecule has 1 fully saturated rings. The minimum atomic E-state index is -0.425. The fourth-order valence-electron chi connectivity index (χ4n) is 2.11. The second kappa shape index (κ2) is 4.59. The zero-order valence-corrected chi connectivity index (χ0v) is 11.0. The lowest BCUT2D eigenvalue weighted by Gasteiger charge is -2.25. The van der Waals surface area contributed by atoms with Gasteiger partial charge in [0.15, 0.2) is 0 Å². The zero-order chi connectivity index (χ0) is 13.4. The minimum absolute atomic E-state index is 0.167. The Kier molecular flexibility index (Phi) is 3.28. The van der Waals surface area contributed by atoms with Crippen LogP contribution in [0.3, 0.4) is 0 Å². The Labute approximate surface area is 107 Å². The van der Waals surface area contributed by atoms with Gasteiger partial charge in [-0.15, -0.1) is 0 Å². The van der Waals surface area contributed by atoms with Crippen molar-refractivity contribution < 1.29 is 9.18 Å². The number of rotatable bonds is 3. The summed E-state index contributed by atoms with van der Waals surface area (Å²) in [7, 11) is 1.76. The Morgan fingerprint density at radius 1 is 1.50 bits per heavy atom. The van der Waals surface area contributed by atoms with Gasteiger partial charge < -0.3 is 10.6 Å². The highest BCUT2D eigenvalue weighted by molar-refractivity contribution is 5.95. The number of carbonyl (C=O) groups excluding carboxylic acids is 1. The smallest absolute Gasteiger partial charge is 0.254 e. The van der Waals surface area contributed by atoms with Crippen molar-refractivity contribution in [3.63, 3.8) is 0 Å². The van der Waals surface area contributed by atoms with Crippen LogP contribution in [0.2, 0.25) is 0 Å². The normalized spacial score (nSPS) is 16.4. The van der Waals surface area contributed by atoms with Gasteiger partial charge in [-0.05, 0) is 44.7 Å². The molecule has 3 nitrogen and oxygen atoms in total. The third-order valence-corrected chi connectivity index (χ3v) is 3.87. The monoisotopic (exact) mass is 250 g/mol. The summed E-state index contributed by atoms with van der Waals surface area (Å²) in [5, 5.41) is 0. The average molecular weight is 250 g/mol. The van der Waals surface area contributed by atoms with Gasteiger partial charge in [0, 0.05) is 29.9 Å².